The Hall–Kier alpha value is -3.75. The van der Waals surface area contributed by atoms with Gasteiger partial charge in [0.2, 0.25) is 0 Å². The van der Waals surface area contributed by atoms with Gasteiger partial charge in [0.1, 0.15) is 0 Å². The molecule has 2 amide bonds. The molecule has 0 bridgehead atoms. The van der Waals surface area contributed by atoms with Crippen LogP contribution in [0.5, 0.6) is 0 Å². The Kier molecular flexibility index (Phi) is 7.54. The molecule has 2 aliphatic rings. The summed E-state index contributed by atoms with van der Waals surface area (Å²) in [5.41, 5.74) is 4.01. The van der Waals surface area contributed by atoms with Gasteiger partial charge in [0.15, 0.2) is 6.29 Å². The number of imide groups is 1. The number of hydrogen-bond acceptors (Lipinski definition) is 6. The summed E-state index contributed by atoms with van der Waals surface area (Å²) in [6.07, 6.45) is -0.942. The summed E-state index contributed by atoms with van der Waals surface area (Å²) in [6.45, 7) is 2.13. The third-order valence-corrected chi connectivity index (χ3v) is 8.60. The zero-order valence-corrected chi connectivity index (χ0v) is 22.8. The molecule has 2 aliphatic heterocycles. The van der Waals surface area contributed by atoms with Crippen molar-refractivity contribution in [1.29, 1.82) is 0 Å². The molecule has 0 spiro atoms. The summed E-state index contributed by atoms with van der Waals surface area (Å²) in [6, 6.07) is 32.2. The Morgan fingerprint density at radius 3 is 1.98 bits per heavy atom. The maximum Gasteiger partial charge on any atom is 0.266 e. The van der Waals surface area contributed by atoms with Crippen LogP contribution in [0.4, 0.5) is 5.69 Å². The van der Waals surface area contributed by atoms with Crippen molar-refractivity contribution < 1.29 is 24.2 Å². The highest BCUT2D eigenvalue weighted by atomic mass is 32.2. The van der Waals surface area contributed by atoms with E-state index in [2.05, 4.69) is 19.1 Å². The molecule has 7 heteroatoms. The van der Waals surface area contributed by atoms with E-state index in [0.717, 1.165) is 22.4 Å². The van der Waals surface area contributed by atoms with Crippen molar-refractivity contribution >= 4 is 29.3 Å². The van der Waals surface area contributed by atoms with E-state index in [9.17, 15) is 14.7 Å². The van der Waals surface area contributed by atoms with Crippen LogP contribution >= 0.6 is 11.8 Å². The van der Waals surface area contributed by atoms with Gasteiger partial charge >= 0.3 is 0 Å². The zero-order valence-electron chi connectivity index (χ0n) is 22.0. The predicted octanol–water partition coefficient (Wildman–Crippen LogP) is 6.56. The van der Waals surface area contributed by atoms with Gasteiger partial charge in [0, 0.05) is 22.1 Å². The summed E-state index contributed by atoms with van der Waals surface area (Å²) >= 11 is 1.75. The molecule has 6 nitrogen and oxygen atoms in total. The molecule has 1 fully saturated rings. The summed E-state index contributed by atoms with van der Waals surface area (Å²) in [5, 5.41) is 9.49. The summed E-state index contributed by atoms with van der Waals surface area (Å²) in [5.74, 6) is 0.183. The molecular weight excluding hydrogens is 522 g/mol. The monoisotopic (exact) mass is 551 g/mol. The molecule has 4 aromatic rings. The quantitative estimate of drug-likeness (QED) is 0.207. The minimum absolute atomic E-state index is 0.0110. The molecule has 2 heterocycles. The van der Waals surface area contributed by atoms with E-state index in [4.69, 9.17) is 9.47 Å². The minimum atomic E-state index is -0.628. The molecule has 1 N–H and O–H groups in total. The normalized spacial score (nSPS) is 22.4. The molecule has 0 radical (unpaired) electrons. The van der Waals surface area contributed by atoms with Gasteiger partial charge in [-0.25, -0.2) is 4.90 Å². The number of amides is 2. The number of benzene rings is 4. The minimum Gasteiger partial charge on any atom is -0.392 e. The van der Waals surface area contributed by atoms with Crippen LogP contribution in [0.25, 0.3) is 0 Å². The van der Waals surface area contributed by atoms with Gasteiger partial charge in [0.05, 0.1) is 35.6 Å². The van der Waals surface area contributed by atoms with Crippen LogP contribution in [0, 0.1) is 5.92 Å². The fraction of sp³-hybridized carbons (Fsp3) is 0.212. The fourth-order valence-corrected chi connectivity index (χ4v) is 6.30. The summed E-state index contributed by atoms with van der Waals surface area (Å²) in [4.78, 5) is 28.3. The molecule has 0 saturated carbocycles. The van der Waals surface area contributed by atoms with Crippen LogP contribution in [-0.2, 0) is 16.1 Å². The van der Waals surface area contributed by atoms with E-state index < -0.39 is 6.29 Å². The van der Waals surface area contributed by atoms with Crippen LogP contribution < -0.4 is 4.90 Å². The third-order valence-electron chi connectivity index (χ3n) is 7.50. The molecule has 6 rings (SSSR count). The summed E-state index contributed by atoms with van der Waals surface area (Å²) < 4.78 is 13.1. The average molecular weight is 552 g/mol. The lowest BCUT2D eigenvalue weighted by Crippen LogP contribution is -2.38. The Bertz CT molecular complexity index is 1470. The number of hydrogen-bond donors (Lipinski definition) is 1. The number of rotatable bonds is 7. The predicted molar refractivity (Wildman–Crippen MR) is 154 cm³/mol. The first kappa shape index (κ1) is 26.5. The standard InChI is InChI=1S/C33H29NO5S/c1-21-29(20-40-26-7-3-2-4-8-26)38-33(39-30(21)23-13-11-22(19-35)12-14-23)24-15-17-25(18-16-24)34-31(36)27-9-5-6-10-28(27)32(34)37/h2-18,21,29-30,33,35H,19-20H2,1H3. The largest absolute Gasteiger partial charge is 0.392 e. The van der Waals surface area contributed by atoms with Crippen LogP contribution in [-0.4, -0.2) is 28.8 Å². The zero-order chi connectivity index (χ0) is 27.6. The average Bonchev–Trinajstić information content (AvgIpc) is 3.26. The van der Waals surface area contributed by atoms with Crippen molar-refractivity contribution in [3.63, 3.8) is 0 Å². The topological polar surface area (TPSA) is 76.1 Å². The van der Waals surface area contributed by atoms with E-state index in [0.29, 0.717) is 16.8 Å². The number of thioether (sulfide) groups is 1. The van der Waals surface area contributed by atoms with E-state index >= 15 is 0 Å². The highest BCUT2D eigenvalue weighted by Crippen LogP contribution is 2.43. The first-order valence-corrected chi connectivity index (χ1v) is 14.3. The van der Waals surface area contributed by atoms with Crippen molar-refractivity contribution in [2.24, 2.45) is 5.92 Å². The smallest absolute Gasteiger partial charge is 0.266 e. The first-order valence-electron chi connectivity index (χ1n) is 13.3. The van der Waals surface area contributed by atoms with Gasteiger partial charge in [-0.15, -0.1) is 11.8 Å². The molecule has 4 unspecified atom stereocenters. The Morgan fingerprint density at radius 1 is 0.750 bits per heavy atom. The summed E-state index contributed by atoms with van der Waals surface area (Å²) in [7, 11) is 0. The van der Waals surface area contributed by atoms with E-state index in [1.54, 1.807) is 48.2 Å². The van der Waals surface area contributed by atoms with Gasteiger partial charge in [-0.3, -0.25) is 9.59 Å². The van der Waals surface area contributed by atoms with Crippen LogP contribution in [0.2, 0.25) is 0 Å². The molecule has 1 saturated heterocycles. The number of carbonyl (C=O) groups excluding carboxylic acids is 2. The molecule has 4 atom stereocenters. The van der Waals surface area contributed by atoms with E-state index in [-0.39, 0.29) is 36.5 Å². The lowest BCUT2D eigenvalue weighted by atomic mass is 9.91. The van der Waals surface area contributed by atoms with Crippen LogP contribution in [0.1, 0.15) is 56.7 Å². The molecule has 0 aliphatic carbocycles. The van der Waals surface area contributed by atoms with Crippen LogP contribution in [0.15, 0.2) is 108 Å². The number of aliphatic hydroxyl groups excluding tert-OH is 1. The van der Waals surface area contributed by atoms with Gasteiger partial charge in [-0.1, -0.05) is 73.7 Å². The molecular formula is C33H29NO5S. The second kappa shape index (κ2) is 11.4. The number of nitrogens with zero attached hydrogens (tertiary/aromatic N) is 1. The maximum absolute atomic E-state index is 12.9. The van der Waals surface area contributed by atoms with Crippen molar-refractivity contribution in [3.8, 4) is 0 Å². The van der Waals surface area contributed by atoms with E-state index in [1.807, 2.05) is 54.6 Å². The Balaban J connectivity index is 1.25. The highest BCUT2D eigenvalue weighted by molar-refractivity contribution is 7.99. The van der Waals surface area contributed by atoms with E-state index in [1.165, 1.54) is 9.80 Å². The van der Waals surface area contributed by atoms with Gasteiger partial charge in [0.25, 0.3) is 11.8 Å². The fourth-order valence-electron chi connectivity index (χ4n) is 5.21. The van der Waals surface area contributed by atoms with Crippen molar-refractivity contribution in [1.82, 2.24) is 0 Å². The Labute approximate surface area is 237 Å². The molecule has 4 aromatic carbocycles. The molecule has 202 valence electrons. The van der Waals surface area contributed by atoms with Crippen molar-refractivity contribution in [2.75, 3.05) is 10.7 Å². The number of ether oxygens (including phenoxy) is 2. The number of carbonyl (C=O) groups is 2. The SMILES string of the molecule is CC1C(CSc2ccccc2)OC(c2ccc(N3C(=O)c4ccccc4C3=O)cc2)OC1c1ccc(CO)cc1. The lowest BCUT2D eigenvalue weighted by molar-refractivity contribution is -0.268. The van der Waals surface area contributed by atoms with Crippen molar-refractivity contribution in [3.05, 3.63) is 131 Å². The van der Waals surface area contributed by atoms with Crippen molar-refractivity contribution in [2.45, 2.75) is 36.9 Å². The Morgan fingerprint density at radius 2 is 1.35 bits per heavy atom. The van der Waals surface area contributed by atoms with Crippen LogP contribution in [0.3, 0.4) is 0 Å². The number of anilines is 1. The molecule has 0 aromatic heterocycles. The maximum atomic E-state index is 12.9. The third kappa shape index (κ3) is 5.09. The first-order chi connectivity index (χ1) is 19.5. The lowest BCUT2D eigenvalue weighted by Gasteiger charge is -2.41. The highest BCUT2D eigenvalue weighted by Gasteiger charge is 2.39. The van der Waals surface area contributed by atoms with Gasteiger partial charge in [-0.05, 0) is 47.5 Å². The number of aliphatic hydroxyl groups is 1. The van der Waals surface area contributed by atoms with Gasteiger partial charge in [-0.2, -0.15) is 0 Å². The second-order valence-corrected chi connectivity index (χ2v) is 11.1. The van der Waals surface area contributed by atoms with Gasteiger partial charge < -0.3 is 14.6 Å². The number of fused-ring (bicyclic) bond motifs is 1. The second-order valence-electron chi connectivity index (χ2n) is 10.0. The molecule has 40 heavy (non-hydrogen) atoms.